The molecule has 3 aromatic rings. The summed E-state index contributed by atoms with van der Waals surface area (Å²) in [7, 11) is 0. The Labute approximate surface area is 139 Å². The van der Waals surface area contributed by atoms with Crippen molar-refractivity contribution in [3.05, 3.63) is 50.9 Å². The lowest BCUT2D eigenvalue weighted by molar-refractivity contribution is 0.116. The van der Waals surface area contributed by atoms with E-state index in [-0.39, 0.29) is 5.56 Å². The van der Waals surface area contributed by atoms with Gasteiger partial charge < -0.3 is 9.72 Å². The van der Waals surface area contributed by atoms with Crippen molar-refractivity contribution in [2.24, 2.45) is 0 Å². The largest absolute Gasteiger partial charge is 0.374 e. The van der Waals surface area contributed by atoms with Crippen LogP contribution in [0.2, 0.25) is 0 Å². The second-order valence-corrected chi connectivity index (χ2v) is 6.85. The van der Waals surface area contributed by atoms with Crippen LogP contribution in [-0.2, 0) is 11.3 Å². The lowest BCUT2D eigenvalue weighted by Crippen LogP contribution is -2.12. The minimum Gasteiger partial charge on any atom is -0.374 e. The van der Waals surface area contributed by atoms with Crippen molar-refractivity contribution in [2.45, 2.75) is 33.8 Å². The van der Waals surface area contributed by atoms with Crippen LogP contribution in [0.4, 0.5) is 0 Å². The molecule has 0 spiro atoms. The first-order valence-electron chi connectivity index (χ1n) is 7.77. The van der Waals surface area contributed by atoms with Crippen LogP contribution < -0.4 is 5.56 Å². The number of H-pyrrole nitrogens is 1. The Balaban J connectivity index is 2.08. The van der Waals surface area contributed by atoms with Gasteiger partial charge >= 0.3 is 0 Å². The highest BCUT2D eigenvalue weighted by atomic mass is 32.1. The highest BCUT2D eigenvalue weighted by Gasteiger charge is 2.16. The van der Waals surface area contributed by atoms with E-state index >= 15 is 0 Å². The smallest absolute Gasteiger partial charge is 0.260 e. The molecule has 2 heterocycles. The van der Waals surface area contributed by atoms with Crippen LogP contribution in [0.15, 0.2) is 29.1 Å². The van der Waals surface area contributed by atoms with Gasteiger partial charge in [-0.3, -0.25) is 4.79 Å². The molecule has 0 saturated heterocycles. The average molecular weight is 328 g/mol. The molecule has 1 N–H and O–H groups in total. The molecule has 0 aliphatic heterocycles. The number of aromatic amines is 1. The van der Waals surface area contributed by atoms with Gasteiger partial charge in [-0.05, 0) is 25.8 Å². The number of aryl methyl sites for hydroxylation is 2. The SMILES string of the molecule is CCCOCc1nc2sc(C)c(-c3ccc(C)cc3)c2c(=O)[nH]1. The van der Waals surface area contributed by atoms with Gasteiger partial charge in [0.15, 0.2) is 0 Å². The van der Waals surface area contributed by atoms with Crippen LogP contribution in [-0.4, -0.2) is 16.6 Å². The summed E-state index contributed by atoms with van der Waals surface area (Å²) >= 11 is 1.56. The predicted octanol–water partition coefficient (Wildman–Crippen LogP) is 4.20. The number of ether oxygens (including phenoxy) is 1. The summed E-state index contributed by atoms with van der Waals surface area (Å²) in [5.41, 5.74) is 3.15. The van der Waals surface area contributed by atoms with Gasteiger partial charge in [0.25, 0.3) is 5.56 Å². The number of fused-ring (bicyclic) bond motifs is 1. The van der Waals surface area contributed by atoms with E-state index in [4.69, 9.17) is 4.74 Å². The maximum atomic E-state index is 12.6. The molecule has 0 amide bonds. The summed E-state index contributed by atoms with van der Waals surface area (Å²) < 4.78 is 5.48. The third-order valence-electron chi connectivity index (χ3n) is 3.71. The standard InChI is InChI=1S/C18H20N2O2S/c1-4-9-22-10-14-19-17(21)16-15(12(3)23-18(16)20-14)13-7-5-11(2)6-8-13/h5-8H,4,9-10H2,1-3H3,(H,19,20,21). The quantitative estimate of drug-likeness (QED) is 0.714. The minimum atomic E-state index is -0.0926. The van der Waals surface area contributed by atoms with E-state index in [1.807, 2.05) is 6.92 Å². The molecule has 0 atom stereocenters. The van der Waals surface area contributed by atoms with Gasteiger partial charge in [-0.25, -0.2) is 4.98 Å². The third kappa shape index (κ3) is 3.21. The zero-order valence-corrected chi connectivity index (χ0v) is 14.4. The van der Waals surface area contributed by atoms with Gasteiger partial charge in [-0.2, -0.15) is 0 Å². The molecule has 0 saturated carbocycles. The zero-order valence-electron chi connectivity index (χ0n) is 13.6. The second kappa shape index (κ2) is 6.64. The Kier molecular flexibility index (Phi) is 4.59. The fraction of sp³-hybridized carbons (Fsp3) is 0.333. The van der Waals surface area contributed by atoms with Crippen LogP contribution in [0.3, 0.4) is 0 Å². The number of thiophene rings is 1. The molecule has 2 aromatic heterocycles. The minimum absolute atomic E-state index is 0.0926. The maximum absolute atomic E-state index is 12.6. The summed E-state index contributed by atoms with van der Waals surface area (Å²) in [5, 5.41) is 0.676. The molecule has 0 radical (unpaired) electrons. The number of hydrogen-bond donors (Lipinski definition) is 1. The number of nitrogens with one attached hydrogen (secondary N) is 1. The molecule has 3 rings (SSSR count). The zero-order chi connectivity index (χ0) is 16.4. The van der Waals surface area contributed by atoms with Crippen molar-refractivity contribution in [2.75, 3.05) is 6.61 Å². The van der Waals surface area contributed by atoms with Crippen molar-refractivity contribution in [1.82, 2.24) is 9.97 Å². The molecule has 23 heavy (non-hydrogen) atoms. The fourth-order valence-corrected chi connectivity index (χ4v) is 3.68. The van der Waals surface area contributed by atoms with E-state index in [9.17, 15) is 4.79 Å². The van der Waals surface area contributed by atoms with Crippen molar-refractivity contribution in [3.63, 3.8) is 0 Å². The number of nitrogens with zero attached hydrogens (tertiary/aromatic N) is 1. The molecular weight excluding hydrogens is 308 g/mol. The van der Waals surface area contributed by atoms with Crippen molar-refractivity contribution in [3.8, 4) is 11.1 Å². The highest BCUT2D eigenvalue weighted by molar-refractivity contribution is 7.19. The van der Waals surface area contributed by atoms with Crippen molar-refractivity contribution < 1.29 is 4.74 Å². The second-order valence-electron chi connectivity index (χ2n) is 5.64. The molecule has 0 aliphatic rings. The first-order valence-corrected chi connectivity index (χ1v) is 8.59. The summed E-state index contributed by atoms with van der Waals surface area (Å²) in [6, 6.07) is 8.24. The Morgan fingerprint density at radius 2 is 1.96 bits per heavy atom. The number of aromatic nitrogens is 2. The average Bonchev–Trinajstić information content (AvgIpc) is 2.85. The molecular formula is C18H20N2O2S. The van der Waals surface area contributed by atoms with Crippen molar-refractivity contribution in [1.29, 1.82) is 0 Å². The van der Waals surface area contributed by atoms with Crippen LogP contribution >= 0.6 is 11.3 Å². The molecule has 0 aliphatic carbocycles. The van der Waals surface area contributed by atoms with E-state index in [0.717, 1.165) is 27.3 Å². The molecule has 0 bridgehead atoms. The van der Waals surface area contributed by atoms with Crippen LogP contribution in [0.25, 0.3) is 21.3 Å². The molecule has 4 nitrogen and oxygen atoms in total. The molecule has 120 valence electrons. The lowest BCUT2D eigenvalue weighted by Gasteiger charge is -2.04. The maximum Gasteiger partial charge on any atom is 0.260 e. The van der Waals surface area contributed by atoms with E-state index < -0.39 is 0 Å². The fourth-order valence-electron chi connectivity index (χ4n) is 2.61. The normalized spacial score (nSPS) is 11.3. The molecule has 5 heteroatoms. The molecule has 0 fully saturated rings. The Morgan fingerprint density at radius 1 is 1.22 bits per heavy atom. The van der Waals surface area contributed by atoms with Crippen molar-refractivity contribution >= 4 is 21.6 Å². The van der Waals surface area contributed by atoms with E-state index in [2.05, 4.69) is 48.1 Å². The molecule has 0 unspecified atom stereocenters. The number of benzene rings is 1. The lowest BCUT2D eigenvalue weighted by atomic mass is 10.0. The Hall–Kier alpha value is -1.98. The van der Waals surface area contributed by atoms with E-state index in [0.29, 0.717) is 24.4 Å². The van der Waals surface area contributed by atoms with Gasteiger partial charge in [0.05, 0.1) is 5.39 Å². The predicted molar refractivity (Wildman–Crippen MR) is 95.1 cm³/mol. The monoisotopic (exact) mass is 328 g/mol. The Morgan fingerprint density at radius 3 is 2.65 bits per heavy atom. The van der Waals surface area contributed by atoms with E-state index in [1.165, 1.54) is 5.56 Å². The van der Waals surface area contributed by atoms with Crippen LogP contribution in [0.1, 0.15) is 29.6 Å². The number of hydrogen-bond acceptors (Lipinski definition) is 4. The first kappa shape index (κ1) is 15.9. The summed E-state index contributed by atoms with van der Waals surface area (Å²) in [6.45, 7) is 7.15. The Bertz CT molecular complexity index is 878. The van der Waals surface area contributed by atoms with Crippen LogP contribution in [0.5, 0.6) is 0 Å². The highest BCUT2D eigenvalue weighted by Crippen LogP contribution is 2.35. The topological polar surface area (TPSA) is 55.0 Å². The summed E-state index contributed by atoms with van der Waals surface area (Å²) in [4.78, 5) is 21.9. The van der Waals surface area contributed by atoms with Gasteiger partial charge in [-0.15, -0.1) is 11.3 Å². The molecule has 1 aromatic carbocycles. The van der Waals surface area contributed by atoms with Crippen LogP contribution in [0, 0.1) is 13.8 Å². The van der Waals surface area contributed by atoms with Gasteiger partial charge in [-0.1, -0.05) is 36.8 Å². The van der Waals surface area contributed by atoms with Gasteiger partial charge in [0.2, 0.25) is 0 Å². The van der Waals surface area contributed by atoms with Gasteiger partial charge in [0, 0.05) is 17.0 Å². The third-order valence-corrected chi connectivity index (χ3v) is 4.71. The summed E-state index contributed by atoms with van der Waals surface area (Å²) in [5.74, 6) is 0.590. The van der Waals surface area contributed by atoms with Gasteiger partial charge in [0.1, 0.15) is 17.3 Å². The summed E-state index contributed by atoms with van der Waals surface area (Å²) in [6.07, 6.45) is 0.947. The number of rotatable bonds is 5. The first-order chi connectivity index (χ1) is 11.1. The van der Waals surface area contributed by atoms with E-state index in [1.54, 1.807) is 11.3 Å².